The van der Waals surface area contributed by atoms with E-state index in [1.165, 1.54) is 38.5 Å². The van der Waals surface area contributed by atoms with E-state index >= 15 is 0 Å². The van der Waals surface area contributed by atoms with Gasteiger partial charge in [0.05, 0.1) is 97.2 Å². The summed E-state index contributed by atoms with van der Waals surface area (Å²) in [5.74, 6) is 2.03. The van der Waals surface area contributed by atoms with Gasteiger partial charge in [0, 0.05) is 103 Å². The maximum atomic E-state index is 14.1. The second kappa shape index (κ2) is 37.0. The largest absolute Gasteiger partial charge is 0.493 e. The molecule has 4 aromatic heterocycles. The number of methoxy groups -OCH3 is 6. The molecular weight excluding hydrogens is 1500 g/mol. The summed E-state index contributed by atoms with van der Waals surface area (Å²) in [6.45, 7) is 7.63. The molecule has 4 aliphatic rings. The number of pyridine rings is 4. The molecule has 0 bridgehead atoms. The third-order valence-electron chi connectivity index (χ3n) is 19.4. The zero-order chi connectivity index (χ0) is 81.5. The van der Waals surface area contributed by atoms with Gasteiger partial charge < -0.3 is 78.1 Å². The first-order valence-corrected chi connectivity index (χ1v) is 37.3. The molecule has 4 amide bonds. The van der Waals surface area contributed by atoms with Crippen molar-refractivity contribution in [1.82, 2.24) is 41.2 Å². The number of hydrogen-bond donors (Lipinski definition) is 4. The van der Waals surface area contributed by atoms with E-state index in [0.717, 1.165) is 60.6 Å². The second-order valence-electron chi connectivity index (χ2n) is 27.8. The molecule has 116 heavy (non-hydrogen) atoms. The molecule has 4 aliphatic heterocycles. The van der Waals surface area contributed by atoms with Crippen LogP contribution in [0.1, 0.15) is 33.1 Å². The van der Waals surface area contributed by atoms with Gasteiger partial charge in [-0.1, -0.05) is 6.07 Å². The molecule has 4 atom stereocenters. The summed E-state index contributed by atoms with van der Waals surface area (Å²) >= 11 is 0. The smallest absolute Gasteiger partial charge is 0.407 e. The molecule has 4 N–H and O–H groups in total. The molecule has 24 nitrogen and oxygen atoms in total. The predicted molar refractivity (Wildman–Crippen MR) is 427 cm³/mol. The molecule has 600 valence electrons. The van der Waals surface area contributed by atoms with E-state index in [4.69, 9.17) is 56.8 Å². The number of aromatic nitrogens is 4. The molecular formula is C88H84F4N8O16. The van der Waals surface area contributed by atoms with Gasteiger partial charge >= 0.3 is 6.09 Å². The van der Waals surface area contributed by atoms with Crippen LogP contribution in [0.5, 0.6) is 63.2 Å². The van der Waals surface area contributed by atoms with Crippen molar-refractivity contribution in [2.75, 3.05) is 95.3 Å². The minimum atomic E-state index is -0.781. The van der Waals surface area contributed by atoms with Crippen molar-refractivity contribution in [3.05, 3.63) is 200 Å². The zero-order valence-electron chi connectivity index (χ0n) is 64.7. The van der Waals surface area contributed by atoms with E-state index in [2.05, 4.69) is 41.2 Å². The number of fused-ring (bicyclic) bond motifs is 4. The van der Waals surface area contributed by atoms with Crippen LogP contribution in [0.15, 0.2) is 176 Å². The van der Waals surface area contributed by atoms with E-state index in [0.29, 0.717) is 145 Å². The summed E-state index contributed by atoms with van der Waals surface area (Å²) in [5.41, 5.74) is 8.46. The number of benzene rings is 8. The lowest BCUT2D eigenvalue weighted by atomic mass is 10.0. The topological polar surface area (TPSA) is 279 Å². The first-order chi connectivity index (χ1) is 56.2. The third-order valence-corrected chi connectivity index (χ3v) is 19.4. The van der Waals surface area contributed by atoms with Crippen molar-refractivity contribution < 1.29 is 93.6 Å². The van der Waals surface area contributed by atoms with Gasteiger partial charge in [-0.2, -0.15) is 0 Å². The maximum Gasteiger partial charge on any atom is 0.407 e. The Balaban J connectivity index is 0.000000135. The number of ether oxygens (including phenoxy) is 12. The highest BCUT2D eigenvalue weighted by Gasteiger charge is 2.28. The van der Waals surface area contributed by atoms with Gasteiger partial charge in [0.2, 0.25) is 23.5 Å². The Labute approximate surface area is 665 Å². The Morgan fingerprint density at radius 1 is 0.353 bits per heavy atom. The molecule has 28 heteroatoms. The van der Waals surface area contributed by atoms with Gasteiger partial charge in [-0.3, -0.25) is 34.3 Å². The van der Waals surface area contributed by atoms with Gasteiger partial charge in [0.1, 0.15) is 29.6 Å². The molecule has 16 rings (SSSR count). The molecule has 4 fully saturated rings. The fourth-order valence-corrected chi connectivity index (χ4v) is 13.7. The zero-order valence-corrected chi connectivity index (χ0v) is 64.7. The van der Waals surface area contributed by atoms with E-state index in [-0.39, 0.29) is 54.3 Å². The average molecular weight is 1590 g/mol. The number of carbonyl (C=O) groups is 4. The van der Waals surface area contributed by atoms with Crippen molar-refractivity contribution in [3.8, 4) is 108 Å². The molecule has 0 aliphatic carbocycles. The van der Waals surface area contributed by atoms with Crippen molar-refractivity contribution in [2.45, 2.75) is 45.3 Å². The van der Waals surface area contributed by atoms with Crippen LogP contribution in [0.2, 0.25) is 0 Å². The fourth-order valence-electron chi connectivity index (χ4n) is 13.7. The molecule has 4 saturated heterocycles. The summed E-state index contributed by atoms with van der Waals surface area (Å²) in [5, 5.41) is 14.4. The highest BCUT2D eigenvalue weighted by molar-refractivity contribution is 5.94. The van der Waals surface area contributed by atoms with Crippen molar-refractivity contribution >= 4 is 67.4 Å². The normalized spacial score (nSPS) is 16.0. The summed E-state index contributed by atoms with van der Waals surface area (Å²) in [6, 6.07) is 44.5. The number of amides is 4. The lowest BCUT2D eigenvalue weighted by molar-refractivity contribution is -0.120. The van der Waals surface area contributed by atoms with Crippen LogP contribution in [0.3, 0.4) is 0 Å². The maximum absolute atomic E-state index is 14.1. The monoisotopic (exact) mass is 1580 g/mol. The molecule has 8 heterocycles. The summed E-state index contributed by atoms with van der Waals surface area (Å²) < 4.78 is 123. The van der Waals surface area contributed by atoms with E-state index < -0.39 is 40.9 Å². The van der Waals surface area contributed by atoms with Crippen molar-refractivity contribution in [3.63, 3.8) is 0 Å². The van der Waals surface area contributed by atoms with Crippen LogP contribution in [0, 0.1) is 41.0 Å². The summed E-state index contributed by atoms with van der Waals surface area (Å²) in [6.07, 6.45) is 7.43. The van der Waals surface area contributed by atoms with Gasteiger partial charge in [-0.25, -0.2) is 22.4 Å². The molecule has 0 radical (unpaired) electrons. The average Bonchev–Trinajstić information content (AvgIpc) is 1.28. The molecule has 12 aromatic rings. The number of cyclic esters (lactones) is 1. The van der Waals surface area contributed by atoms with Gasteiger partial charge in [0.15, 0.2) is 63.9 Å². The van der Waals surface area contributed by atoms with Crippen molar-refractivity contribution in [2.24, 2.45) is 17.8 Å². The Morgan fingerprint density at radius 3 is 0.983 bits per heavy atom. The molecule has 0 spiro atoms. The number of hydrogen-bond acceptors (Lipinski definition) is 20. The number of nitrogens with one attached hydrogen (secondary N) is 4. The highest BCUT2D eigenvalue weighted by Crippen LogP contribution is 2.44. The minimum absolute atomic E-state index is 0.0121. The first-order valence-electron chi connectivity index (χ1n) is 37.3. The number of alkyl carbamates (subject to hydrolysis) is 1. The number of carbonyl (C=O) groups excluding carboxylic acids is 4. The van der Waals surface area contributed by atoms with Crippen molar-refractivity contribution in [1.29, 1.82) is 0 Å². The van der Waals surface area contributed by atoms with Gasteiger partial charge in [-0.05, 0) is 204 Å². The number of rotatable bonds is 24. The predicted octanol–water partition coefficient (Wildman–Crippen LogP) is 15.0. The molecule has 0 saturated carbocycles. The second-order valence-corrected chi connectivity index (χ2v) is 27.8. The quantitative estimate of drug-likeness (QED) is 0.0409. The van der Waals surface area contributed by atoms with E-state index in [9.17, 15) is 36.7 Å². The van der Waals surface area contributed by atoms with E-state index in [1.54, 1.807) is 89.6 Å². The number of nitrogens with zero attached hydrogens (tertiary/aromatic N) is 4. The molecule has 8 aromatic carbocycles. The van der Waals surface area contributed by atoms with Crippen LogP contribution >= 0.6 is 0 Å². The Morgan fingerprint density at radius 2 is 0.672 bits per heavy atom. The van der Waals surface area contributed by atoms with E-state index in [1.807, 2.05) is 105 Å². The van der Waals surface area contributed by atoms with Crippen LogP contribution in [0.25, 0.3) is 88.1 Å². The Hall–Kier alpha value is -13.4. The lowest BCUT2D eigenvalue weighted by Gasteiger charge is -2.16. The van der Waals surface area contributed by atoms with Gasteiger partial charge in [-0.15, -0.1) is 0 Å². The Bertz CT molecular complexity index is 5390. The number of halogens is 4. The SMILES string of the molecule is COc1c(F)cc(-c2cc(OC[C@H]3CNC(=O)C3)c3cccnc3c2)cc1F.COc1c(F)cc(-c2cc(OC[C@H]3CNC(=O)C3)c3cccnc3c2)cc1F.COc1cc(-c2cc(OC[C@H]3CNC(=O)C3)c3cccnc3c2)ccc1OC(C)C.COc1cc(-c2cc(OC[C@H]3CNC(=O)O3)c3cccnc3c2)cc(OC)c1OC. The first kappa shape index (κ1) is 80.6. The van der Waals surface area contributed by atoms with Crippen LogP contribution < -0.4 is 73.4 Å². The summed E-state index contributed by atoms with van der Waals surface area (Å²) in [7, 11) is 8.80. The van der Waals surface area contributed by atoms with Gasteiger partial charge in [0.25, 0.3) is 0 Å². The standard InChI is InChI=1S/C24H26N2O4.C22H22N2O6.2C21H18F2N2O3/c1-15(2)30-21-7-6-17(11-23(21)28-3)18-10-20-19(5-4-8-25-20)22(12-18)29-14-16-9-24(27)26-13-16;1-26-19-9-14(10-20(27-2)21(19)28-3)13-7-17-16(5-4-6-23-17)18(8-13)29-12-15-11-24-22(25)30-15;2*1-27-21-16(22)6-13(7-17(21)23)14-8-18-15(3-2-4-24-18)19(9-14)28-11-12-5-20(26)25-10-12/h4-8,10-12,15-16H,9,13-14H2,1-3H3,(H,26,27);4-10,15H,11-12H2,1-3H3,(H,24,25);2*2-4,6-9,12H,5,10-11H2,1H3,(H,25,26)/t16-;15-;2*12-/m1111/s1. The van der Waals surface area contributed by atoms with Crippen LogP contribution in [-0.4, -0.2) is 151 Å². The lowest BCUT2D eigenvalue weighted by Crippen LogP contribution is -2.22. The summed E-state index contributed by atoms with van der Waals surface area (Å²) in [4.78, 5) is 63.1. The third kappa shape index (κ3) is 19.3. The highest BCUT2D eigenvalue weighted by atomic mass is 19.1. The van der Waals surface area contributed by atoms with Crippen LogP contribution in [0.4, 0.5) is 22.4 Å². The molecule has 0 unspecified atom stereocenters. The fraction of sp³-hybridized carbons (Fsp3) is 0.273. The Kier molecular flexibility index (Phi) is 25.8. The minimum Gasteiger partial charge on any atom is -0.493 e. The van der Waals surface area contributed by atoms with Crippen LogP contribution in [-0.2, 0) is 19.1 Å².